The molecule has 5 rings (SSSR count). The summed E-state index contributed by atoms with van der Waals surface area (Å²) >= 11 is 0. The van der Waals surface area contributed by atoms with Crippen molar-refractivity contribution in [1.29, 1.82) is 0 Å². The Hall–Kier alpha value is -3.93. The fraction of sp³-hybridized carbons (Fsp3) is 0.192. The van der Waals surface area contributed by atoms with Crippen LogP contribution < -0.4 is 10.2 Å². The third-order valence-electron chi connectivity index (χ3n) is 5.90. The molecule has 1 saturated heterocycles. The molecule has 0 aliphatic carbocycles. The molecule has 160 valence electrons. The molecule has 2 aliphatic rings. The largest absolute Gasteiger partial charge is 0.372 e. The number of aromatic nitrogens is 1. The Morgan fingerprint density at radius 2 is 1.59 bits per heavy atom. The number of nitrogens with one attached hydrogen (secondary N) is 1. The summed E-state index contributed by atoms with van der Waals surface area (Å²) in [6.45, 7) is 2.33. The molecule has 0 atom stereocenters. The van der Waals surface area contributed by atoms with Gasteiger partial charge in [-0.25, -0.2) is 0 Å². The van der Waals surface area contributed by atoms with E-state index in [-0.39, 0.29) is 18.4 Å². The monoisotopic (exact) mass is 424 g/mol. The Kier molecular flexibility index (Phi) is 5.42. The molecule has 32 heavy (non-hydrogen) atoms. The van der Waals surface area contributed by atoms with Crippen molar-refractivity contribution < 1.29 is 9.59 Å². The van der Waals surface area contributed by atoms with E-state index in [1.54, 1.807) is 18.5 Å². The van der Waals surface area contributed by atoms with Gasteiger partial charge in [0.25, 0.3) is 11.8 Å². The summed E-state index contributed by atoms with van der Waals surface area (Å²) in [5.41, 5.74) is 4.17. The minimum absolute atomic E-state index is 0.181. The lowest BCUT2D eigenvalue weighted by atomic mass is 10.0. The number of carbonyl (C=O) groups excluding carboxylic acids is 2. The van der Waals surface area contributed by atoms with Gasteiger partial charge in [-0.15, -0.1) is 0 Å². The van der Waals surface area contributed by atoms with Crippen molar-refractivity contribution in [3.8, 4) is 0 Å². The average molecular weight is 425 g/mol. The second kappa shape index (κ2) is 8.67. The normalized spacial score (nSPS) is 16.2. The first-order valence-electron chi connectivity index (χ1n) is 10.9. The van der Waals surface area contributed by atoms with Crippen LogP contribution in [0.4, 0.5) is 11.4 Å². The number of nitrogens with zero attached hydrogens (tertiary/aromatic N) is 3. The second-order valence-corrected chi connectivity index (χ2v) is 8.04. The Balaban J connectivity index is 1.45. The number of amides is 2. The van der Waals surface area contributed by atoms with E-state index in [0.717, 1.165) is 29.9 Å². The van der Waals surface area contributed by atoms with E-state index in [0.29, 0.717) is 11.3 Å². The van der Waals surface area contributed by atoms with Gasteiger partial charge in [-0.3, -0.25) is 19.5 Å². The van der Waals surface area contributed by atoms with E-state index >= 15 is 0 Å². The van der Waals surface area contributed by atoms with Crippen molar-refractivity contribution in [2.45, 2.75) is 19.4 Å². The first kappa shape index (κ1) is 20.0. The first-order chi connectivity index (χ1) is 15.7. The third kappa shape index (κ3) is 3.87. The van der Waals surface area contributed by atoms with E-state index in [2.05, 4.69) is 27.3 Å². The summed E-state index contributed by atoms with van der Waals surface area (Å²) in [6, 6.07) is 21.0. The number of benzene rings is 2. The smallest absolute Gasteiger partial charge is 0.278 e. The number of hydrogen-bond acceptors (Lipinski definition) is 5. The van der Waals surface area contributed by atoms with E-state index in [1.807, 2.05) is 48.5 Å². The highest BCUT2D eigenvalue weighted by Crippen LogP contribution is 2.32. The Labute approximate surface area is 187 Å². The van der Waals surface area contributed by atoms with Gasteiger partial charge in [-0.1, -0.05) is 36.4 Å². The Morgan fingerprint density at radius 3 is 2.28 bits per heavy atom. The summed E-state index contributed by atoms with van der Waals surface area (Å²) in [4.78, 5) is 34.4. The molecule has 6 nitrogen and oxygen atoms in total. The fourth-order valence-corrected chi connectivity index (χ4v) is 4.26. The molecule has 0 spiro atoms. The van der Waals surface area contributed by atoms with E-state index in [1.165, 1.54) is 23.4 Å². The number of carbonyl (C=O) groups is 2. The van der Waals surface area contributed by atoms with Gasteiger partial charge in [0.2, 0.25) is 0 Å². The minimum atomic E-state index is -0.332. The van der Waals surface area contributed by atoms with E-state index in [9.17, 15) is 9.59 Å². The highest BCUT2D eigenvalue weighted by Gasteiger charge is 2.39. The Morgan fingerprint density at radius 1 is 0.844 bits per heavy atom. The number of anilines is 2. The predicted octanol–water partition coefficient (Wildman–Crippen LogP) is 4.07. The number of rotatable bonds is 6. The fourth-order valence-electron chi connectivity index (χ4n) is 4.26. The summed E-state index contributed by atoms with van der Waals surface area (Å²) < 4.78 is 0. The van der Waals surface area contributed by atoms with Gasteiger partial charge in [0, 0.05) is 36.9 Å². The van der Waals surface area contributed by atoms with Crippen molar-refractivity contribution in [2.24, 2.45) is 0 Å². The van der Waals surface area contributed by atoms with Gasteiger partial charge in [0.05, 0.1) is 12.1 Å². The molecular formula is C26H24N4O2. The lowest BCUT2D eigenvalue weighted by Gasteiger charge is -2.18. The minimum Gasteiger partial charge on any atom is -0.372 e. The molecule has 0 bridgehead atoms. The standard InChI is InChI=1S/C26H24N4O2/c31-25-23(20-8-2-1-3-9-20)24(26(32)30(25)18-19-7-6-14-27-17-19)28-21-10-12-22(13-11-21)29-15-4-5-16-29/h1-3,6-14,17,28H,4-5,15-16,18H2. The Bertz CT molecular complexity index is 1150. The maximum atomic E-state index is 13.3. The number of imide groups is 1. The number of hydrogen-bond donors (Lipinski definition) is 1. The van der Waals surface area contributed by atoms with E-state index in [4.69, 9.17) is 0 Å². The van der Waals surface area contributed by atoms with Crippen LogP contribution in [0.2, 0.25) is 0 Å². The maximum absolute atomic E-state index is 13.3. The molecule has 1 aromatic heterocycles. The van der Waals surface area contributed by atoms with Gasteiger partial charge in [0.1, 0.15) is 5.70 Å². The van der Waals surface area contributed by atoms with Crippen LogP contribution >= 0.6 is 0 Å². The molecule has 3 aromatic rings. The van der Waals surface area contributed by atoms with Crippen molar-refractivity contribution in [1.82, 2.24) is 9.88 Å². The zero-order chi connectivity index (χ0) is 21.9. The first-order valence-corrected chi connectivity index (χ1v) is 10.9. The summed E-state index contributed by atoms with van der Waals surface area (Å²) in [7, 11) is 0. The molecule has 2 aromatic carbocycles. The highest BCUT2D eigenvalue weighted by molar-refractivity contribution is 6.36. The summed E-state index contributed by atoms with van der Waals surface area (Å²) in [5.74, 6) is -0.637. The molecule has 0 radical (unpaired) electrons. The van der Waals surface area contributed by atoms with Crippen LogP contribution in [0.15, 0.2) is 84.8 Å². The van der Waals surface area contributed by atoms with Crippen molar-refractivity contribution in [3.63, 3.8) is 0 Å². The van der Waals surface area contributed by atoms with Crippen LogP contribution in [-0.2, 0) is 16.1 Å². The van der Waals surface area contributed by atoms with Gasteiger partial charge in [-0.2, -0.15) is 0 Å². The molecule has 0 saturated carbocycles. The molecule has 1 fully saturated rings. The van der Waals surface area contributed by atoms with Gasteiger partial charge in [0.15, 0.2) is 0 Å². The molecule has 2 aliphatic heterocycles. The van der Waals surface area contributed by atoms with Crippen molar-refractivity contribution in [3.05, 3.63) is 95.9 Å². The second-order valence-electron chi connectivity index (χ2n) is 8.04. The third-order valence-corrected chi connectivity index (χ3v) is 5.90. The molecule has 6 heteroatoms. The van der Waals surface area contributed by atoms with Crippen LogP contribution in [0.3, 0.4) is 0 Å². The quantitative estimate of drug-likeness (QED) is 0.604. The zero-order valence-corrected chi connectivity index (χ0v) is 17.7. The van der Waals surface area contributed by atoms with Crippen LogP contribution in [-0.4, -0.2) is 34.8 Å². The van der Waals surface area contributed by atoms with Gasteiger partial charge < -0.3 is 10.2 Å². The molecular weight excluding hydrogens is 400 g/mol. The van der Waals surface area contributed by atoms with Crippen LogP contribution in [0.5, 0.6) is 0 Å². The predicted molar refractivity (Wildman–Crippen MR) is 125 cm³/mol. The van der Waals surface area contributed by atoms with Crippen LogP contribution in [0.1, 0.15) is 24.0 Å². The topological polar surface area (TPSA) is 65.5 Å². The van der Waals surface area contributed by atoms with Crippen molar-refractivity contribution in [2.75, 3.05) is 23.3 Å². The summed E-state index contributed by atoms with van der Waals surface area (Å²) in [6.07, 6.45) is 5.78. The maximum Gasteiger partial charge on any atom is 0.278 e. The molecule has 3 heterocycles. The van der Waals surface area contributed by atoms with E-state index < -0.39 is 0 Å². The molecule has 0 unspecified atom stereocenters. The lowest BCUT2D eigenvalue weighted by molar-refractivity contribution is -0.137. The highest BCUT2D eigenvalue weighted by atomic mass is 16.2. The number of pyridine rings is 1. The van der Waals surface area contributed by atoms with Crippen LogP contribution in [0, 0.1) is 0 Å². The lowest BCUT2D eigenvalue weighted by Crippen LogP contribution is -2.32. The SMILES string of the molecule is O=C1C(Nc2ccc(N3CCCC3)cc2)=C(c2ccccc2)C(=O)N1Cc1cccnc1. The van der Waals surface area contributed by atoms with Gasteiger partial charge >= 0.3 is 0 Å². The van der Waals surface area contributed by atoms with Crippen LogP contribution in [0.25, 0.3) is 5.57 Å². The zero-order valence-electron chi connectivity index (χ0n) is 17.7. The average Bonchev–Trinajstić information content (AvgIpc) is 3.45. The molecule has 1 N–H and O–H groups in total. The van der Waals surface area contributed by atoms with Gasteiger partial charge in [-0.05, 0) is 54.3 Å². The van der Waals surface area contributed by atoms with Crippen molar-refractivity contribution >= 4 is 28.8 Å². The molecule has 2 amide bonds. The summed E-state index contributed by atoms with van der Waals surface area (Å²) in [5, 5.41) is 3.24.